The molecule has 0 spiro atoms. The quantitative estimate of drug-likeness (QED) is 0.416. The number of imidazole rings is 1. The Balaban J connectivity index is 1.55. The van der Waals surface area contributed by atoms with Crippen molar-refractivity contribution in [3.63, 3.8) is 0 Å². The summed E-state index contributed by atoms with van der Waals surface area (Å²) >= 11 is 0. The van der Waals surface area contributed by atoms with Gasteiger partial charge in [-0.25, -0.2) is 14.4 Å². The predicted octanol–water partition coefficient (Wildman–Crippen LogP) is 5.07. The number of nitrogens with one attached hydrogen (secondary N) is 2. The fourth-order valence-electron chi connectivity index (χ4n) is 3.97. The number of hydrogen-bond acceptors (Lipinski definition) is 5. The van der Waals surface area contributed by atoms with E-state index in [4.69, 9.17) is 0 Å². The third kappa shape index (κ3) is 2.84. The van der Waals surface area contributed by atoms with Crippen LogP contribution in [0.2, 0.25) is 0 Å². The lowest BCUT2D eigenvalue weighted by atomic mass is 10.00. The molecule has 0 aliphatic rings. The highest BCUT2D eigenvalue weighted by Gasteiger charge is 2.18. The van der Waals surface area contributed by atoms with Crippen molar-refractivity contribution in [3.05, 3.63) is 78.8 Å². The first kappa shape index (κ1) is 18.3. The maximum absolute atomic E-state index is 14.9. The number of aromatic amines is 2. The molecule has 0 atom stereocenters. The lowest BCUT2D eigenvalue weighted by Gasteiger charge is -2.07. The van der Waals surface area contributed by atoms with E-state index < -0.39 is 0 Å². The molecule has 6 aromatic rings. The Morgan fingerprint density at radius 2 is 1.72 bits per heavy atom. The Bertz CT molecular complexity index is 1600. The van der Waals surface area contributed by atoms with Crippen molar-refractivity contribution < 1.29 is 4.39 Å². The molecule has 0 radical (unpaired) electrons. The fraction of sp³-hybridized carbons (Fsp3) is 0.0417. The van der Waals surface area contributed by atoms with Gasteiger partial charge in [0, 0.05) is 59.1 Å². The van der Waals surface area contributed by atoms with E-state index in [1.807, 2.05) is 31.2 Å². The van der Waals surface area contributed by atoms with E-state index in [9.17, 15) is 4.39 Å². The van der Waals surface area contributed by atoms with Gasteiger partial charge in [0.2, 0.25) is 0 Å². The molecule has 5 heterocycles. The van der Waals surface area contributed by atoms with Gasteiger partial charge >= 0.3 is 0 Å². The molecule has 1 aromatic carbocycles. The highest BCUT2D eigenvalue weighted by Crippen LogP contribution is 2.34. The molecule has 6 rings (SSSR count). The minimum absolute atomic E-state index is 0.338. The number of H-pyrrole nitrogens is 2. The van der Waals surface area contributed by atoms with Crippen LogP contribution in [0.1, 0.15) is 5.56 Å². The van der Waals surface area contributed by atoms with Crippen molar-refractivity contribution in [3.8, 4) is 33.8 Å². The van der Waals surface area contributed by atoms with Gasteiger partial charge < -0.3 is 4.98 Å². The van der Waals surface area contributed by atoms with E-state index in [1.165, 1.54) is 6.07 Å². The van der Waals surface area contributed by atoms with E-state index in [-0.39, 0.29) is 5.82 Å². The second-order valence-electron chi connectivity index (χ2n) is 7.52. The number of hydrogen-bond donors (Lipinski definition) is 2. The SMILES string of the molecule is Cc1ccncc1-c1cc2c(-c3nc4nccc(-c5ccncc5)c4[nH]3)n[nH]c2cc1F. The van der Waals surface area contributed by atoms with Gasteiger partial charge in [-0.05, 0) is 48.4 Å². The van der Waals surface area contributed by atoms with Gasteiger partial charge in [-0.2, -0.15) is 5.10 Å². The number of benzene rings is 1. The molecule has 2 N–H and O–H groups in total. The van der Waals surface area contributed by atoms with E-state index in [2.05, 4.69) is 35.1 Å². The van der Waals surface area contributed by atoms with Crippen molar-refractivity contribution in [1.82, 2.24) is 35.1 Å². The maximum atomic E-state index is 14.9. The first-order valence-corrected chi connectivity index (χ1v) is 10.0. The zero-order valence-corrected chi connectivity index (χ0v) is 17.0. The van der Waals surface area contributed by atoms with Gasteiger partial charge in [-0.3, -0.25) is 15.1 Å². The van der Waals surface area contributed by atoms with Crippen molar-refractivity contribution in [2.75, 3.05) is 0 Å². The van der Waals surface area contributed by atoms with Gasteiger partial charge in [0.1, 0.15) is 11.5 Å². The Kier molecular flexibility index (Phi) is 4.04. The Morgan fingerprint density at radius 3 is 2.56 bits per heavy atom. The molecule has 0 saturated heterocycles. The molecule has 8 heteroatoms. The Hall–Kier alpha value is -4.46. The van der Waals surface area contributed by atoms with Crippen LogP contribution in [0.25, 0.3) is 55.8 Å². The topological polar surface area (TPSA) is 96.0 Å². The highest BCUT2D eigenvalue weighted by atomic mass is 19.1. The van der Waals surface area contributed by atoms with Crippen molar-refractivity contribution in [2.24, 2.45) is 0 Å². The standard InChI is InChI=1S/C24H16FN7/c1-13-2-6-27-12-18(13)16-10-17-20(11-19(16)25)31-32-22(17)24-29-21-15(5-9-28-23(21)30-24)14-3-7-26-8-4-14/h2-12H,1H3,(H,31,32)(H,28,29,30). The number of fused-ring (bicyclic) bond motifs is 2. The largest absolute Gasteiger partial charge is 0.335 e. The monoisotopic (exact) mass is 421 g/mol. The molecular weight excluding hydrogens is 405 g/mol. The molecule has 0 aliphatic heterocycles. The van der Waals surface area contributed by atoms with Crippen molar-refractivity contribution in [1.29, 1.82) is 0 Å². The van der Waals surface area contributed by atoms with Crippen LogP contribution in [0.5, 0.6) is 0 Å². The van der Waals surface area contributed by atoms with E-state index >= 15 is 0 Å². The fourth-order valence-corrected chi connectivity index (χ4v) is 3.97. The van der Waals surface area contributed by atoms with Crippen LogP contribution in [0.4, 0.5) is 4.39 Å². The second-order valence-corrected chi connectivity index (χ2v) is 7.52. The number of aromatic nitrogens is 7. The Labute approximate surface area is 181 Å². The summed E-state index contributed by atoms with van der Waals surface area (Å²) in [5.74, 6) is 0.218. The number of pyridine rings is 3. The first-order valence-electron chi connectivity index (χ1n) is 10.0. The van der Waals surface area contributed by atoms with Crippen molar-refractivity contribution in [2.45, 2.75) is 6.92 Å². The molecule has 0 bridgehead atoms. The summed E-state index contributed by atoms with van der Waals surface area (Å²) in [6.07, 6.45) is 8.59. The first-order chi connectivity index (χ1) is 15.7. The molecule has 0 amide bonds. The highest BCUT2D eigenvalue weighted by molar-refractivity contribution is 5.97. The van der Waals surface area contributed by atoms with E-state index in [0.29, 0.717) is 28.2 Å². The van der Waals surface area contributed by atoms with Crippen LogP contribution in [0.15, 0.2) is 67.4 Å². The predicted molar refractivity (Wildman–Crippen MR) is 120 cm³/mol. The number of halogens is 1. The lowest BCUT2D eigenvalue weighted by molar-refractivity contribution is 0.632. The second kappa shape index (κ2) is 7.05. The summed E-state index contributed by atoms with van der Waals surface area (Å²) < 4.78 is 14.9. The minimum Gasteiger partial charge on any atom is -0.335 e. The molecule has 32 heavy (non-hydrogen) atoms. The van der Waals surface area contributed by atoms with Crippen LogP contribution in [-0.4, -0.2) is 35.1 Å². The van der Waals surface area contributed by atoms with E-state index in [1.54, 1.807) is 37.1 Å². The number of rotatable bonds is 3. The van der Waals surface area contributed by atoms with Crippen molar-refractivity contribution >= 4 is 22.1 Å². The van der Waals surface area contributed by atoms with Crippen LogP contribution in [-0.2, 0) is 0 Å². The summed E-state index contributed by atoms with van der Waals surface area (Å²) in [6, 6.07) is 10.9. The number of aryl methyl sites for hydroxylation is 1. The molecule has 5 aromatic heterocycles. The van der Waals surface area contributed by atoms with E-state index in [0.717, 1.165) is 33.2 Å². The summed E-state index contributed by atoms with van der Waals surface area (Å²) in [5, 5.41) is 8.10. The van der Waals surface area contributed by atoms with Gasteiger partial charge in [0.05, 0.1) is 11.0 Å². The smallest absolute Gasteiger partial charge is 0.178 e. The third-order valence-corrected chi connectivity index (χ3v) is 5.59. The van der Waals surface area contributed by atoms with Gasteiger partial charge in [-0.1, -0.05) is 0 Å². The van der Waals surface area contributed by atoms with Gasteiger partial charge in [-0.15, -0.1) is 0 Å². The molecular formula is C24H16FN7. The number of nitrogens with zero attached hydrogens (tertiary/aromatic N) is 5. The van der Waals surface area contributed by atoms with Crippen LogP contribution in [0, 0.1) is 12.7 Å². The molecule has 0 fully saturated rings. The maximum Gasteiger partial charge on any atom is 0.178 e. The molecule has 0 saturated carbocycles. The molecule has 154 valence electrons. The lowest BCUT2D eigenvalue weighted by Crippen LogP contribution is -1.90. The average molecular weight is 421 g/mol. The molecule has 0 unspecified atom stereocenters. The Morgan fingerprint density at radius 1 is 0.875 bits per heavy atom. The zero-order chi connectivity index (χ0) is 21.7. The van der Waals surface area contributed by atoms with Crippen LogP contribution >= 0.6 is 0 Å². The zero-order valence-electron chi connectivity index (χ0n) is 17.0. The molecule has 0 aliphatic carbocycles. The summed E-state index contributed by atoms with van der Waals surface area (Å²) in [5.41, 5.74) is 6.69. The van der Waals surface area contributed by atoms with Gasteiger partial charge in [0.15, 0.2) is 11.5 Å². The van der Waals surface area contributed by atoms with Crippen LogP contribution < -0.4 is 0 Å². The van der Waals surface area contributed by atoms with Crippen LogP contribution in [0.3, 0.4) is 0 Å². The molecule has 7 nitrogen and oxygen atoms in total. The summed E-state index contributed by atoms with van der Waals surface area (Å²) in [7, 11) is 0. The summed E-state index contributed by atoms with van der Waals surface area (Å²) in [6.45, 7) is 1.93. The normalized spacial score (nSPS) is 11.4. The summed E-state index contributed by atoms with van der Waals surface area (Å²) in [4.78, 5) is 20.7. The minimum atomic E-state index is -0.338. The van der Waals surface area contributed by atoms with Gasteiger partial charge in [0.25, 0.3) is 0 Å². The third-order valence-electron chi connectivity index (χ3n) is 5.59. The average Bonchev–Trinajstić information content (AvgIpc) is 3.43.